The Labute approximate surface area is 133 Å². The van der Waals surface area contributed by atoms with Gasteiger partial charge in [0.15, 0.2) is 0 Å². The first kappa shape index (κ1) is 16.7. The lowest BCUT2D eigenvalue weighted by molar-refractivity contribution is -0.141. The zero-order chi connectivity index (χ0) is 16.1. The van der Waals surface area contributed by atoms with Crippen LogP contribution >= 0.6 is 0 Å². The molecule has 1 heterocycles. The van der Waals surface area contributed by atoms with E-state index in [-0.39, 0.29) is 11.9 Å². The molecule has 122 valence electrons. The maximum Gasteiger partial charge on any atom is 0.306 e. The number of carbonyl (C=O) groups excluding carboxylic acids is 1. The van der Waals surface area contributed by atoms with Gasteiger partial charge in [0.05, 0.1) is 24.9 Å². The highest BCUT2D eigenvalue weighted by atomic mass is 16.5. The molecule has 1 atom stereocenters. The molecule has 1 unspecified atom stereocenters. The number of rotatable bonds is 5. The van der Waals surface area contributed by atoms with Gasteiger partial charge in [0.1, 0.15) is 0 Å². The molecule has 0 aliphatic carbocycles. The molecule has 0 saturated carbocycles. The van der Waals surface area contributed by atoms with E-state index in [9.17, 15) is 4.79 Å². The minimum Gasteiger partial charge on any atom is -0.469 e. The van der Waals surface area contributed by atoms with Crippen LogP contribution < -0.4 is 10.6 Å². The van der Waals surface area contributed by atoms with Crippen molar-refractivity contribution in [2.45, 2.75) is 45.4 Å². The molecule has 4 heteroatoms. The summed E-state index contributed by atoms with van der Waals surface area (Å²) < 4.78 is 4.78. The van der Waals surface area contributed by atoms with Crippen molar-refractivity contribution in [2.24, 2.45) is 5.92 Å². The average molecular weight is 304 g/mol. The summed E-state index contributed by atoms with van der Waals surface area (Å²) in [6, 6.07) is 6.26. The van der Waals surface area contributed by atoms with Gasteiger partial charge in [0.2, 0.25) is 0 Å². The summed E-state index contributed by atoms with van der Waals surface area (Å²) in [5.41, 5.74) is 9.35. The van der Waals surface area contributed by atoms with Crippen LogP contribution in [0, 0.1) is 5.92 Å². The second-order valence-corrected chi connectivity index (χ2v) is 6.37. The molecule has 1 aromatic carbocycles. The Morgan fingerprint density at radius 2 is 2.09 bits per heavy atom. The molecule has 1 aliphatic rings. The predicted octanol–water partition coefficient (Wildman–Crippen LogP) is 3.56. The molecule has 0 radical (unpaired) electrons. The third-order valence-corrected chi connectivity index (χ3v) is 4.78. The molecule has 22 heavy (non-hydrogen) atoms. The third kappa shape index (κ3) is 3.93. The Kier molecular flexibility index (Phi) is 5.69. The molecule has 2 rings (SSSR count). The van der Waals surface area contributed by atoms with Crippen LogP contribution in [0.15, 0.2) is 18.2 Å². The minimum atomic E-state index is -0.167. The fourth-order valence-electron chi connectivity index (χ4n) is 3.15. The summed E-state index contributed by atoms with van der Waals surface area (Å²) in [5, 5.41) is 0. The summed E-state index contributed by atoms with van der Waals surface area (Å²) in [7, 11) is 1.43. The van der Waals surface area contributed by atoms with Crippen molar-refractivity contribution in [3.05, 3.63) is 23.8 Å². The number of nitrogen functional groups attached to an aromatic ring is 1. The van der Waals surface area contributed by atoms with Crippen LogP contribution in [0.3, 0.4) is 0 Å². The quantitative estimate of drug-likeness (QED) is 0.667. The largest absolute Gasteiger partial charge is 0.469 e. The Morgan fingerprint density at radius 1 is 1.41 bits per heavy atom. The monoisotopic (exact) mass is 304 g/mol. The van der Waals surface area contributed by atoms with Gasteiger partial charge in [-0.2, -0.15) is 0 Å². The van der Waals surface area contributed by atoms with Crippen LogP contribution in [0.25, 0.3) is 0 Å². The van der Waals surface area contributed by atoms with Crippen molar-refractivity contribution in [1.82, 2.24) is 0 Å². The maximum atomic E-state index is 11.5. The zero-order valence-corrected chi connectivity index (χ0v) is 14.0. The summed E-state index contributed by atoms with van der Waals surface area (Å²) in [6.45, 7) is 6.54. The highest BCUT2D eigenvalue weighted by Crippen LogP contribution is 2.32. The number of benzene rings is 1. The molecule has 1 fully saturated rings. The number of anilines is 2. The summed E-state index contributed by atoms with van der Waals surface area (Å²) in [6.07, 6.45) is 3.75. The Hall–Kier alpha value is -1.71. The van der Waals surface area contributed by atoms with Gasteiger partial charge in [-0.15, -0.1) is 0 Å². The first-order valence-corrected chi connectivity index (χ1v) is 8.26. The lowest BCUT2D eigenvalue weighted by Gasteiger charge is -2.33. The van der Waals surface area contributed by atoms with Crippen LogP contribution in [-0.4, -0.2) is 26.2 Å². The van der Waals surface area contributed by atoms with E-state index < -0.39 is 0 Å². The van der Waals surface area contributed by atoms with Gasteiger partial charge in [-0.05, 0) is 48.8 Å². The first-order chi connectivity index (χ1) is 10.5. The molecule has 1 aliphatic heterocycles. The van der Waals surface area contributed by atoms with Crippen molar-refractivity contribution in [1.29, 1.82) is 0 Å². The normalized spacial score (nSPS) is 17.3. The number of piperidine rings is 1. The van der Waals surface area contributed by atoms with E-state index in [2.05, 4.69) is 30.9 Å². The zero-order valence-electron chi connectivity index (χ0n) is 14.0. The average Bonchev–Trinajstić information content (AvgIpc) is 2.53. The third-order valence-electron chi connectivity index (χ3n) is 4.78. The van der Waals surface area contributed by atoms with E-state index in [1.54, 1.807) is 0 Å². The minimum absolute atomic E-state index is 0.167. The van der Waals surface area contributed by atoms with E-state index in [1.165, 1.54) is 20.0 Å². The number of nitrogens with zero attached hydrogens (tertiary/aromatic N) is 1. The van der Waals surface area contributed by atoms with Crippen LogP contribution in [0.5, 0.6) is 0 Å². The van der Waals surface area contributed by atoms with Gasteiger partial charge in [0, 0.05) is 13.1 Å². The van der Waals surface area contributed by atoms with Crippen molar-refractivity contribution < 1.29 is 9.53 Å². The lowest BCUT2D eigenvalue weighted by atomic mass is 9.92. The highest BCUT2D eigenvalue weighted by Gasteiger charge is 2.20. The van der Waals surface area contributed by atoms with Gasteiger partial charge in [0.25, 0.3) is 0 Å². The predicted molar refractivity (Wildman–Crippen MR) is 91.1 cm³/mol. The molecule has 4 nitrogen and oxygen atoms in total. The highest BCUT2D eigenvalue weighted by molar-refractivity contribution is 5.72. The maximum absolute atomic E-state index is 11.5. The number of hydrogen-bond acceptors (Lipinski definition) is 4. The molecular weight excluding hydrogens is 276 g/mol. The van der Waals surface area contributed by atoms with Crippen molar-refractivity contribution in [3.63, 3.8) is 0 Å². The Bertz CT molecular complexity index is 508. The number of hydrogen-bond donors (Lipinski definition) is 1. The van der Waals surface area contributed by atoms with Gasteiger partial charge < -0.3 is 15.4 Å². The molecule has 0 amide bonds. The van der Waals surface area contributed by atoms with Gasteiger partial charge in [-0.1, -0.05) is 19.9 Å². The van der Waals surface area contributed by atoms with Crippen LogP contribution in [0.1, 0.15) is 51.0 Å². The first-order valence-electron chi connectivity index (χ1n) is 8.26. The molecule has 1 saturated heterocycles. The topological polar surface area (TPSA) is 55.6 Å². The molecular formula is C18H28N2O2. The van der Waals surface area contributed by atoms with Crippen molar-refractivity contribution in [3.8, 4) is 0 Å². The van der Waals surface area contributed by atoms with E-state index >= 15 is 0 Å². The Morgan fingerprint density at radius 3 is 2.64 bits per heavy atom. The number of carbonyl (C=O) groups is 1. The summed E-state index contributed by atoms with van der Waals surface area (Å²) >= 11 is 0. The van der Waals surface area contributed by atoms with Crippen LogP contribution in [0.4, 0.5) is 11.4 Å². The van der Waals surface area contributed by atoms with Crippen LogP contribution in [-0.2, 0) is 9.53 Å². The number of ether oxygens (including phenoxy) is 1. The second-order valence-electron chi connectivity index (χ2n) is 6.37. The molecule has 0 spiro atoms. The van der Waals surface area contributed by atoms with Crippen LogP contribution in [0.2, 0.25) is 0 Å². The van der Waals surface area contributed by atoms with E-state index in [4.69, 9.17) is 10.5 Å². The number of methoxy groups -OCH3 is 1. The van der Waals surface area contributed by atoms with Crippen molar-refractivity contribution in [2.75, 3.05) is 30.8 Å². The van der Waals surface area contributed by atoms with E-state index in [0.717, 1.165) is 42.4 Å². The summed E-state index contributed by atoms with van der Waals surface area (Å²) in [4.78, 5) is 13.9. The van der Waals surface area contributed by atoms with Gasteiger partial charge >= 0.3 is 5.97 Å². The number of nitrogens with two attached hydrogens (primary N) is 1. The van der Waals surface area contributed by atoms with Gasteiger partial charge in [-0.3, -0.25) is 4.79 Å². The smallest absolute Gasteiger partial charge is 0.306 e. The number of esters is 1. The molecule has 2 N–H and O–H groups in total. The Balaban J connectivity index is 2.12. The van der Waals surface area contributed by atoms with E-state index in [0.29, 0.717) is 6.42 Å². The summed E-state index contributed by atoms with van der Waals surface area (Å²) in [5.74, 6) is 0.811. The molecule has 1 aromatic rings. The van der Waals surface area contributed by atoms with Crippen molar-refractivity contribution >= 4 is 17.3 Å². The molecule has 0 aromatic heterocycles. The fraction of sp³-hybridized carbons (Fsp3) is 0.611. The second kappa shape index (κ2) is 7.52. The SMILES string of the molecule is CCC(CC(=O)OC)c1ccc(N2CCC(C)CC2)c(N)c1. The lowest BCUT2D eigenvalue weighted by Crippen LogP contribution is -2.33. The molecule has 0 bridgehead atoms. The standard InChI is InChI=1S/C18H28N2O2/c1-4-14(12-18(21)22-3)15-5-6-17(16(19)11-15)20-9-7-13(2)8-10-20/h5-6,11,13-14H,4,7-10,12,19H2,1-3H3. The van der Waals surface area contributed by atoms with Gasteiger partial charge in [-0.25, -0.2) is 0 Å². The van der Waals surface area contributed by atoms with E-state index in [1.807, 2.05) is 6.07 Å². The fourth-order valence-corrected chi connectivity index (χ4v) is 3.15.